The lowest BCUT2D eigenvalue weighted by Gasteiger charge is -2.35. The number of halogens is 12. The molecule has 4 amide bonds. The van der Waals surface area contributed by atoms with Gasteiger partial charge in [0.25, 0.3) is 0 Å². The molecule has 0 saturated carbocycles. The number of carbonyl (C=O) groups excluding carboxylic acids is 5. The van der Waals surface area contributed by atoms with Crippen LogP contribution in [0.4, 0.5) is 83.2 Å². The van der Waals surface area contributed by atoms with E-state index < -0.39 is 121 Å². The van der Waals surface area contributed by atoms with E-state index >= 15 is 0 Å². The first-order valence-electron chi connectivity index (χ1n) is 38.1. The summed E-state index contributed by atoms with van der Waals surface area (Å²) in [6.07, 6.45) is -34.3. The number of ether oxygens (including phenoxy) is 9. The third kappa shape index (κ3) is 33.4. The van der Waals surface area contributed by atoms with Crippen molar-refractivity contribution in [3.8, 4) is 23.0 Å². The highest BCUT2D eigenvalue weighted by Crippen LogP contribution is 2.34. The number of carbonyl (C=O) groups is 8. The Kier molecular flexibility index (Phi) is 39.2. The summed E-state index contributed by atoms with van der Waals surface area (Å²) in [7, 11) is 0. The number of piperazine rings is 4. The van der Waals surface area contributed by atoms with Crippen LogP contribution in [0.25, 0.3) is 9.69 Å². The van der Waals surface area contributed by atoms with Gasteiger partial charge in [-0.2, -0.15) is 52.7 Å². The molecule has 4 aromatic rings. The highest BCUT2D eigenvalue weighted by Gasteiger charge is 2.44. The largest absolute Gasteiger partial charge is 0.480 e. The normalized spacial score (nSPS) is 16.8. The predicted octanol–water partition coefficient (Wildman–Crippen LogP) is 14.2. The predicted molar refractivity (Wildman–Crippen MR) is 414 cm³/mol. The van der Waals surface area contributed by atoms with E-state index in [1.165, 1.54) is 52.5 Å². The summed E-state index contributed by atoms with van der Waals surface area (Å²) in [6.45, 7) is 37.4. The number of aliphatic carboxylic acids is 3. The van der Waals surface area contributed by atoms with Crippen LogP contribution in [0.5, 0.6) is 23.0 Å². The molecular weight excluding hydrogens is 1650 g/mol. The van der Waals surface area contributed by atoms with E-state index in [9.17, 15) is 91.0 Å². The molecule has 122 heavy (non-hydrogen) atoms. The maximum atomic E-state index is 12.6. The fourth-order valence-corrected chi connectivity index (χ4v) is 11.3. The monoisotopic (exact) mass is 1750 g/mol. The van der Waals surface area contributed by atoms with Gasteiger partial charge < -0.3 is 77.6 Å². The lowest BCUT2D eigenvalue weighted by molar-refractivity contribution is -0.200. The van der Waals surface area contributed by atoms with Crippen molar-refractivity contribution in [3.05, 3.63) is 129 Å². The van der Waals surface area contributed by atoms with Gasteiger partial charge in [-0.25, -0.2) is 48.0 Å². The fraction of sp³-hybridized carbons (Fsp3) is 0.575. The van der Waals surface area contributed by atoms with Crippen LogP contribution < -0.4 is 18.9 Å². The fourth-order valence-electron chi connectivity index (χ4n) is 11.3. The number of nitrogens with zero attached hydrogens (tertiary/aromatic N) is 10. The minimum Gasteiger partial charge on any atom is -0.480 e. The molecule has 0 aliphatic carbocycles. The minimum absolute atomic E-state index is 0. The zero-order valence-corrected chi connectivity index (χ0v) is 68.6. The van der Waals surface area contributed by atoms with E-state index in [0.717, 1.165) is 49.9 Å². The van der Waals surface area contributed by atoms with Crippen molar-refractivity contribution >= 4 is 59.6 Å². The molecule has 4 saturated heterocycles. The Labute approximate surface area is 698 Å². The van der Waals surface area contributed by atoms with Crippen LogP contribution >= 0.6 is 0 Å². The number of esters is 1. The molecular formula is C80H104F12N10O20. The van der Waals surface area contributed by atoms with Gasteiger partial charge in [0.2, 0.25) is 0 Å². The molecule has 4 aromatic carbocycles. The molecule has 0 bridgehead atoms. The number of hydrogen-bond donors (Lipinski definition) is 3. The van der Waals surface area contributed by atoms with Gasteiger partial charge in [-0.3, -0.25) is 19.6 Å². The number of benzene rings is 4. The second kappa shape index (κ2) is 46.3. The van der Waals surface area contributed by atoms with Gasteiger partial charge in [-0.05, 0) is 118 Å². The summed E-state index contributed by atoms with van der Waals surface area (Å²) < 4.78 is 196. The summed E-state index contributed by atoms with van der Waals surface area (Å²) in [5, 5.41) is 27.2. The third-order valence-electron chi connectivity index (χ3n) is 18.9. The van der Waals surface area contributed by atoms with Crippen LogP contribution in [0.3, 0.4) is 0 Å². The Hall–Kier alpha value is -11.0. The van der Waals surface area contributed by atoms with Crippen molar-refractivity contribution in [1.29, 1.82) is 0 Å². The lowest BCUT2D eigenvalue weighted by atomic mass is 10.1. The first-order valence-corrected chi connectivity index (χ1v) is 38.1. The third-order valence-corrected chi connectivity index (χ3v) is 18.9. The molecule has 0 aromatic heterocycles. The minimum atomic E-state index is -4.61. The summed E-state index contributed by atoms with van der Waals surface area (Å²) >= 11 is 0. The topological polar surface area (TPSA) is 315 Å². The Morgan fingerprint density at radius 2 is 0.615 bits per heavy atom. The van der Waals surface area contributed by atoms with Crippen molar-refractivity contribution in [3.63, 3.8) is 0 Å². The number of hydrogen-bond acceptors (Lipinski definition) is 21. The average Bonchev–Trinajstić information content (AvgIpc) is 0.831. The van der Waals surface area contributed by atoms with Crippen molar-refractivity contribution in [2.24, 2.45) is 0 Å². The van der Waals surface area contributed by atoms with Crippen molar-refractivity contribution in [1.82, 2.24) is 39.2 Å². The van der Waals surface area contributed by atoms with E-state index in [2.05, 4.69) is 33.5 Å². The molecule has 678 valence electrons. The molecule has 0 spiro atoms. The quantitative estimate of drug-likeness (QED) is 0.0240. The molecule has 4 unspecified atom stereocenters. The van der Waals surface area contributed by atoms with E-state index in [-0.39, 0.29) is 77.9 Å². The van der Waals surface area contributed by atoms with E-state index in [0.29, 0.717) is 113 Å². The smallest absolute Gasteiger partial charge is 0.425 e. The molecule has 30 nitrogen and oxygen atoms in total. The number of rotatable bonds is 25. The number of amides is 4. The van der Waals surface area contributed by atoms with Gasteiger partial charge in [0.1, 0.15) is 23.0 Å². The Morgan fingerprint density at radius 3 is 0.844 bits per heavy atom. The van der Waals surface area contributed by atoms with Crippen LogP contribution in [-0.4, -0.2) is 287 Å². The van der Waals surface area contributed by atoms with Crippen LogP contribution in [0.1, 0.15) is 110 Å². The highest BCUT2D eigenvalue weighted by molar-refractivity contribution is 5.79. The molecule has 4 aliphatic heterocycles. The first kappa shape index (κ1) is 103. The van der Waals surface area contributed by atoms with Gasteiger partial charge in [-0.1, -0.05) is 56.0 Å². The van der Waals surface area contributed by atoms with Crippen LogP contribution in [0.2, 0.25) is 0 Å². The zero-order chi connectivity index (χ0) is 90.8. The Balaban J connectivity index is 0.000000341. The second-order valence-electron chi connectivity index (χ2n) is 29.0. The maximum absolute atomic E-state index is 12.6. The Bertz CT molecular complexity index is 4090. The highest BCUT2D eigenvalue weighted by atomic mass is 19.4. The number of aryl methyl sites for hydroxylation is 2. The summed E-state index contributed by atoms with van der Waals surface area (Å²) in [6, 6.07) is 20.7. The standard InChI is InChI=1S/C22H31F3N2O5.2C19H22F3N3O5.C19H25F3N2O5.CH4/c1-6-30-19(28)21(4,5)32-18-13-15(2)7-8-17(18)14-26-9-11-27(12-10-26)20(29)31-16(3)22(23,24)25;2*1-12(17(26)27)29-16-10-15(23-3)5-4-14(16)11-24-6-8-25(9-7-24)18(28)30-13(2)19(20,21)22;1-12-4-5-15(16(10-12)28-13(2)17(25)26)11-23-6-8-24(9-7-23)18(27)29-14(3)19(20,21)22;/h7-8,13,16H,6,9-12,14H2,1-5H3;2*4-5,10,12-13H,6-9,11H2,1-2H3,(H,26,27);4-5,10,13-14H,6-9,11H2,1-3H3,(H,25,26);1H4/t;2*12-,13?;13-,14?;/m.100./s1. The number of carboxylic acids is 3. The van der Waals surface area contributed by atoms with E-state index in [1.54, 1.807) is 51.1 Å². The SMILES string of the molecule is C.CCOC(=O)C(C)(C)Oc1cc(C)ccc1CN1CCN(C(=O)OC(C)C(F)(F)F)CC1.Cc1ccc(CN2CCN(C(=O)OC(C)C(F)(F)F)CC2)c(O[C@@H](C)C(=O)O)c1.[C-]#[N+]c1ccc(CN2CCN(C(=O)OC(C)C(F)(F)F)CC2)c(O[C@@H](C)C(=O)O)c1.[C-]#[N+]c1ccc(CN2CCN(C(=O)OC(C)C(F)(F)F)CC2)c(O[C@H](C)C(=O)O)c1. The van der Waals surface area contributed by atoms with E-state index in [1.807, 2.05) is 58.9 Å². The Morgan fingerprint density at radius 1 is 0.385 bits per heavy atom. The summed E-state index contributed by atoms with van der Waals surface area (Å²) in [4.78, 5) is 113. The zero-order valence-electron chi connectivity index (χ0n) is 68.6. The van der Waals surface area contributed by atoms with Gasteiger partial charge in [0.15, 0.2) is 59.7 Å². The molecule has 3 N–H and O–H groups in total. The van der Waals surface area contributed by atoms with Gasteiger partial charge in [0, 0.05) is 153 Å². The molecule has 4 aliphatic rings. The van der Waals surface area contributed by atoms with Crippen molar-refractivity contribution in [2.75, 3.05) is 111 Å². The molecule has 42 heteroatoms. The maximum Gasteiger partial charge on any atom is 0.425 e. The van der Waals surface area contributed by atoms with E-state index in [4.69, 9.17) is 52.1 Å². The summed E-state index contributed by atoms with van der Waals surface area (Å²) in [5.41, 5.74) is 4.31. The molecule has 4 heterocycles. The van der Waals surface area contributed by atoms with Gasteiger partial charge >= 0.3 is 73.0 Å². The average molecular weight is 1750 g/mol. The second-order valence-corrected chi connectivity index (χ2v) is 29.0. The van der Waals surface area contributed by atoms with Crippen LogP contribution in [0.15, 0.2) is 72.8 Å². The molecule has 4 fully saturated rings. The summed E-state index contributed by atoms with van der Waals surface area (Å²) in [5.74, 6) is -2.24. The number of alkyl halides is 12. The van der Waals surface area contributed by atoms with Crippen molar-refractivity contribution < 1.29 is 149 Å². The molecule has 0 radical (unpaired) electrons. The van der Waals surface area contributed by atoms with Gasteiger partial charge in [0.05, 0.1) is 19.8 Å². The van der Waals surface area contributed by atoms with Crippen LogP contribution in [-0.2, 0) is 69.0 Å². The molecule has 8 rings (SSSR count). The lowest BCUT2D eigenvalue weighted by Crippen LogP contribution is -2.49. The van der Waals surface area contributed by atoms with Crippen LogP contribution in [0, 0.1) is 27.0 Å². The van der Waals surface area contributed by atoms with Gasteiger partial charge in [-0.15, -0.1) is 0 Å². The molecule has 7 atom stereocenters. The first-order chi connectivity index (χ1) is 56.3. The van der Waals surface area contributed by atoms with Crippen molar-refractivity contribution in [2.45, 2.75) is 190 Å². The number of carboxylic acid groups (broad SMARTS) is 3.